The van der Waals surface area contributed by atoms with Gasteiger partial charge in [-0.25, -0.2) is 4.68 Å². The number of ether oxygens (including phenoxy) is 1. The first kappa shape index (κ1) is 20.0. The number of aromatic nitrogens is 2. The highest BCUT2D eigenvalue weighted by Crippen LogP contribution is 2.20. The van der Waals surface area contributed by atoms with Crippen LogP contribution in [0.5, 0.6) is 5.75 Å². The molecule has 0 saturated heterocycles. The molecule has 1 amide bonds. The average Bonchev–Trinajstić information content (AvgIpc) is 3.02. The van der Waals surface area contributed by atoms with E-state index < -0.39 is 0 Å². The van der Waals surface area contributed by atoms with Crippen LogP contribution in [-0.2, 0) is 0 Å². The van der Waals surface area contributed by atoms with E-state index in [1.165, 1.54) is 0 Å². The molecule has 0 atom stereocenters. The molecule has 2 rings (SSSR count). The molecule has 132 valence electrons. The van der Waals surface area contributed by atoms with Crippen molar-refractivity contribution in [1.82, 2.24) is 20.4 Å². The van der Waals surface area contributed by atoms with Crippen LogP contribution in [0, 0.1) is 0 Å². The Bertz CT molecular complexity index is 616. The molecule has 0 radical (unpaired) electrons. The lowest BCUT2D eigenvalue weighted by atomic mass is 10.3. The number of carbonyl (C=O) groups excluding carboxylic acids is 1. The van der Waals surface area contributed by atoms with Gasteiger partial charge >= 0.3 is 0 Å². The van der Waals surface area contributed by atoms with E-state index >= 15 is 0 Å². The van der Waals surface area contributed by atoms with Gasteiger partial charge in [0.25, 0.3) is 5.91 Å². The summed E-state index contributed by atoms with van der Waals surface area (Å²) < 4.78 is 7.35. The van der Waals surface area contributed by atoms with Crippen LogP contribution in [-0.4, -0.2) is 42.4 Å². The van der Waals surface area contributed by atoms with Crippen LogP contribution in [0.1, 0.15) is 30.3 Å². The number of hydrogen-bond acceptors (Lipinski definition) is 4. The number of nitrogens with one attached hydrogen (secondary N) is 2. The minimum absolute atomic E-state index is 0. The van der Waals surface area contributed by atoms with Crippen molar-refractivity contribution in [3.8, 4) is 11.4 Å². The SMILES string of the molecule is CCCOc1cn(-c2ccccc2)nc1C(=O)NCCCNC.Cl. The molecule has 24 heavy (non-hydrogen) atoms. The first-order valence-corrected chi connectivity index (χ1v) is 7.97. The van der Waals surface area contributed by atoms with Crippen molar-refractivity contribution in [2.24, 2.45) is 0 Å². The van der Waals surface area contributed by atoms with Crippen LogP contribution < -0.4 is 15.4 Å². The third-order valence-electron chi connectivity index (χ3n) is 3.27. The van der Waals surface area contributed by atoms with Gasteiger partial charge < -0.3 is 15.4 Å². The quantitative estimate of drug-likeness (QED) is 0.680. The molecule has 0 saturated carbocycles. The van der Waals surface area contributed by atoms with E-state index in [1.807, 2.05) is 44.3 Å². The maximum absolute atomic E-state index is 12.3. The third-order valence-corrected chi connectivity index (χ3v) is 3.27. The lowest BCUT2D eigenvalue weighted by Crippen LogP contribution is -2.27. The number of carbonyl (C=O) groups is 1. The highest BCUT2D eigenvalue weighted by molar-refractivity contribution is 5.94. The number of amides is 1. The van der Waals surface area contributed by atoms with E-state index in [1.54, 1.807) is 10.9 Å². The molecule has 0 fully saturated rings. The highest BCUT2D eigenvalue weighted by Gasteiger charge is 2.18. The second kappa shape index (κ2) is 10.7. The molecule has 0 aliphatic rings. The van der Waals surface area contributed by atoms with E-state index in [2.05, 4.69) is 15.7 Å². The number of benzene rings is 1. The molecule has 6 nitrogen and oxygen atoms in total. The number of halogens is 1. The zero-order valence-electron chi connectivity index (χ0n) is 14.1. The highest BCUT2D eigenvalue weighted by atomic mass is 35.5. The molecule has 7 heteroatoms. The van der Waals surface area contributed by atoms with E-state index in [0.29, 0.717) is 24.6 Å². The molecular formula is C17H25ClN4O2. The smallest absolute Gasteiger partial charge is 0.275 e. The Kier molecular flexibility index (Phi) is 8.89. The first-order chi connectivity index (χ1) is 11.3. The molecule has 0 aliphatic heterocycles. The predicted molar refractivity (Wildman–Crippen MR) is 97.5 cm³/mol. The van der Waals surface area contributed by atoms with Crippen LogP contribution in [0.2, 0.25) is 0 Å². The van der Waals surface area contributed by atoms with E-state index in [9.17, 15) is 4.79 Å². The summed E-state index contributed by atoms with van der Waals surface area (Å²) >= 11 is 0. The molecule has 0 aliphatic carbocycles. The van der Waals surface area contributed by atoms with Gasteiger partial charge in [-0.15, -0.1) is 12.4 Å². The van der Waals surface area contributed by atoms with Crippen molar-refractivity contribution in [1.29, 1.82) is 0 Å². The number of rotatable bonds is 9. The minimum Gasteiger partial charge on any atom is -0.489 e. The maximum Gasteiger partial charge on any atom is 0.275 e. The van der Waals surface area contributed by atoms with Gasteiger partial charge in [-0.1, -0.05) is 25.1 Å². The number of para-hydroxylation sites is 1. The second-order valence-electron chi connectivity index (χ2n) is 5.18. The summed E-state index contributed by atoms with van der Waals surface area (Å²) in [6, 6.07) is 9.68. The first-order valence-electron chi connectivity index (χ1n) is 7.97. The average molecular weight is 353 g/mol. The molecule has 0 unspecified atom stereocenters. The molecule has 0 spiro atoms. The second-order valence-corrected chi connectivity index (χ2v) is 5.18. The summed E-state index contributed by atoms with van der Waals surface area (Å²) in [5, 5.41) is 10.3. The summed E-state index contributed by atoms with van der Waals surface area (Å²) in [7, 11) is 1.89. The lowest BCUT2D eigenvalue weighted by Gasteiger charge is -2.05. The Morgan fingerprint density at radius 2 is 2.00 bits per heavy atom. The zero-order chi connectivity index (χ0) is 16.5. The Morgan fingerprint density at radius 1 is 1.25 bits per heavy atom. The Balaban J connectivity index is 0.00000288. The van der Waals surface area contributed by atoms with Crippen molar-refractivity contribution < 1.29 is 9.53 Å². The monoisotopic (exact) mass is 352 g/mol. The summed E-state index contributed by atoms with van der Waals surface area (Å²) in [5.41, 5.74) is 1.22. The number of nitrogens with zero attached hydrogens (tertiary/aromatic N) is 2. The topological polar surface area (TPSA) is 68.2 Å². The van der Waals surface area contributed by atoms with Crippen LogP contribution in [0.15, 0.2) is 36.5 Å². The maximum atomic E-state index is 12.3. The van der Waals surface area contributed by atoms with E-state index in [0.717, 1.165) is 25.1 Å². The van der Waals surface area contributed by atoms with Crippen molar-refractivity contribution in [2.45, 2.75) is 19.8 Å². The lowest BCUT2D eigenvalue weighted by molar-refractivity contribution is 0.0944. The van der Waals surface area contributed by atoms with Crippen LogP contribution >= 0.6 is 12.4 Å². The van der Waals surface area contributed by atoms with Gasteiger partial charge in [0.05, 0.1) is 18.5 Å². The summed E-state index contributed by atoms with van der Waals surface area (Å²) in [5.74, 6) is 0.309. The van der Waals surface area contributed by atoms with Gasteiger partial charge in [-0.2, -0.15) is 5.10 Å². The Hall–Kier alpha value is -2.05. The van der Waals surface area contributed by atoms with Crippen LogP contribution in [0.25, 0.3) is 5.69 Å². The van der Waals surface area contributed by atoms with Crippen molar-refractivity contribution >= 4 is 18.3 Å². The van der Waals surface area contributed by atoms with Crippen molar-refractivity contribution in [2.75, 3.05) is 26.7 Å². The summed E-state index contributed by atoms with van der Waals surface area (Å²) in [6.45, 7) is 4.04. The molecule has 1 heterocycles. The molecular weight excluding hydrogens is 328 g/mol. The Morgan fingerprint density at radius 3 is 2.67 bits per heavy atom. The molecule has 2 aromatic rings. The van der Waals surface area contributed by atoms with E-state index in [4.69, 9.17) is 4.74 Å². The van der Waals surface area contributed by atoms with Crippen molar-refractivity contribution in [3.63, 3.8) is 0 Å². The van der Waals surface area contributed by atoms with E-state index in [-0.39, 0.29) is 18.3 Å². The fourth-order valence-corrected chi connectivity index (χ4v) is 2.10. The fourth-order valence-electron chi connectivity index (χ4n) is 2.10. The van der Waals surface area contributed by atoms with Crippen LogP contribution in [0.3, 0.4) is 0 Å². The largest absolute Gasteiger partial charge is 0.489 e. The van der Waals surface area contributed by atoms with Crippen LogP contribution in [0.4, 0.5) is 0 Å². The molecule has 1 aromatic heterocycles. The predicted octanol–water partition coefficient (Wildman–Crippen LogP) is 2.42. The minimum atomic E-state index is -0.207. The van der Waals surface area contributed by atoms with Gasteiger partial charge in [0.15, 0.2) is 11.4 Å². The summed E-state index contributed by atoms with van der Waals surface area (Å²) in [6.07, 6.45) is 3.50. The zero-order valence-corrected chi connectivity index (χ0v) is 14.9. The molecule has 1 aromatic carbocycles. The van der Waals surface area contributed by atoms with Gasteiger partial charge in [0.1, 0.15) is 0 Å². The van der Waals surface area contributed by atoms with Gasteiger partial charge in [-0.3, -0.25) is 4.79 Å². The normalized spacial score (nSPS) is 10.1. The third kappa shape index (κ3) is 5.54. The number of hydrogen-bond donors (Lipinski definition) is 2. The molecule has 0 bridgehead atoms. The van der Waals surface area contributed by atoms with Gasteiger partial charge in [0.2, 0.25) is 0 Å². The molecule has 2 N–H and O–H groups in total. The van der Waals surface area contributed by atoms with Gasteiger partial charge in [0, 0.05) is 6.54 Å². The van der Waals surface area contributed by atoms with Gasteiger partial charge in [-0.05, 0) is 38.6 Å². The van der Waals surface area contributed by atoms with Crippen molar-refractivity contribution in [3.05, 3.63) is 42.2 Å². The standard InChI is InChI=1S/C17H24N4O2.ClH/c1-3-12-23-15-13-21(14-8-5-4-6-9-14)20-16(15)17(22)19-11-7-10-18-2;/h4-6,8-9,13,18H,3,7,10-12H2,1-2H3,(H,19,22);1H. The fraction of sp³-hybridized carbons (Fsp3) is 0.412. The summed E-state index contributed by atoms with van der Waals surface area (Å²) in [4.78, 5) is 12.3. The Labute approximate surface area is 149 Å².